The van der Waals surface area contributed by atoms with E-state index in [1.54, 1.807) is 12.4 Å². The number of hydrogen-bond donors (Lipinski definition) is 0. The minimum atomic E-state index is -0.0818. The Kier molecular flexibility index (Phi) is 8.33. The van der Waals surface area contributed by atoms with E-state index in [-0.39, 0.29) is 5.60 Å². The molecule has 0 N–H and O–H groups in total. The molecule has 1 aromatic heterocycles. The molecular formula is C18H32N2O. The summed E-state index contributed by atoms with van der Waals surface area (Å²) in [6.45, 7) is 8.64. The molecule has 3 heteroatoms. The molecule has 0 amide bonds. The van der Waals surface area contributed by atoms with Gasteiger partial charge in [0, 0.05) is 0 Å². The van der Waals surface area contributed by atoms with Crippen LogP contribution in [-0.2, 0) is 0 Å². The molecule has 0 aliphatic heterocycles. The van der Waals surface area contributed by atoms with E-state index in [9.17, 15) is 0 Å². The highest BCUT2D eigenvalue weighted by atomic mass is 16.5. The van der Waals surface area contributed by atoms with E-state index in [4.69, 9.17) is 4.74 Å². The maximum Gasteiger partial charge on any atom is 0.156 e. The lowest BCUT2D eigenvalue weighted by molar-refractivity contribution is 0.0630. The molecule has 21 heavy (non-hydrogen) atoms. The van der Waals surface area contributed by atoms with Crippen LogP contribution >= 0.6 is 0 Å². The Hall–Kier alpha value is -1.12. The van der Waals surface area contributed by atoms with Crippen molar-refractivity contribution < 1.29 is 4.74 Å². The van der Waals surface area contributed by atoms with Crippen LogP contribution in [-0.4, -0.2) is 15.6 Å². The van der Waals surface area contributed by atoms with Crippen LogP contribution in [0.25, 0.3) is 0 Å². The van der Waals surface area contributed by atoms with Gasteiger partial charge in [0.05, 0.1) is 12.4 Å². The molecule has 0 aliphatic carbocycles. The molecule has 0 radical (unpaired) electrons. The number of unbranched alkanes of at least 4 members (excludes halogenated alkanes) is 5. The SMILES string of the molecule is CCCCCCC(C)(CCCCC)Oc1cnc(C)nc1. The van der Waals surface area contributed by atoms with E-state index < -0.39 is 0 Å². The predicted molar refractivity (Wildman–Crippen MR) is 88.7 cm³/mol. The highest BCUT2D eigenvalue weighted by Gasteiger charge is 2.25. The van der Waals surface area contributed by atoms with Gasteiger partial charge in [-0.2, -0.15) is 0 Å². The third-order valence-corrected chi connectivity index (χ3v) is 3.99. The van der Waals surface area contributed by atoms with Crippen molar-refractivity contribution in [1.29, 1.82) is 0 Å². The van der Waals surface area contributed by atoms with Crippen molar-refractivity contribution in [2.24, 2.45) is 0 Å². The predicted octanol–water partition coefficient (Wildman–Crippen LogP) is 5.47. The van der Waals surface area contributed by atoms with E-state index in [1.807, 2.05) is 6.92 Å². The number of rotatable bonds is 11. The fourth-order valence-electron chi connectivity index (χ4n) is 2.62. The lowest BCUT2D eigenvalue weighted by Gasteiger charge is -2.31. The average Bonchev–Trinajstić information content (AvgIpc) is 2.47. The Morgan fingerprint density at radius 3 is 2.00 bits per heavy atom. The Morgan fingerprint density at radius 1 is 0.905 bits per heavy atom. The second-order valence-corrected chi connectivity index (χ2v) is 6.29. The first kappa shape index (κ1) is 17.9. The zero-order valence-electron chi connectivity index (χ0n) is 14.3. The van der Waals surface area contributed by atoms with Gasteiger partial charge in [0.2, 0.25) is 0 Å². The molecule has 1 atom stereocenters. The fraction of sp³-hybridized carbons (Fsp3) is 0.778. The summed E-state index contributed by atoms with van der Waals surface area (Å²) in [6.07, 6.45) is 14.7. The summed E-state index contributed by atoms with van der Waals surface area (Å²) >= 11 is 0. The number of nitrogens with zero attached hydrogens (tertiary/aromatic N) is 2. The Morgan fingerprint density at radius 2 is 1.43 bits per heavy atom. The van der Waals surface area contributed by atoms with Crippen molar-refractivity contribution >= 4 is 0 Å². The molecule has 0 fully saturated rings. The number of aryl methyl sites for hydroxylation is 1. The van der Waals surface area contributed by atoms with Gasteiger partial charge in [-0.25, -0.2) is 9.97 Å². The van der Waals surface area contributed by atoms with E-state index in [0.717, 1.165) is 24.4 Å². The monoisotopic (exact) mass is 292 g/mol. The van der Waals surface area contributed by atoms with Crippen molar-refractivity contribution in [2.45, 2.75) is 91.1 Å². The van der Waals surface area contributed by atoms with Gasteiger partial charge in [-0.15, -0.1) is 0 Å². The van der Waals surface area contributed by atoms with Gasteiger partial charge in [0.25, 0.3) is 0 Å². The third-order valence-electron chi connectivity index (χ3n) is 3.99. The summed E-state index contributed by atoms with van der Waals surface area (Å²) in [5.41, 5.74) is -0.0818. The number of aromatic nitrogens is 2. The molecule has 1 unspecified atom stereocenters. The van der Waals surface area contributed by atoms with E-state index >= 15 is 0 Å². The fourth-order valence-corrected chi connectivity index (χ4v) is 2.62. The molecule has 0 aromatic carbocycles. The van der Waals surface area contributed by atoms with Gasteiger partial charge in [-0.05, 0) is 39.5 Å². The Balaban J connectivity index is 2.58. The molecule has 0 saturated heterocycles. The smallest absolute Gasteiger partial charge is 0.156 e. The Bertz CT molecular complexity index is 377. The molecule has 0 saturated carbocycles. The summed E-state index contributed by atoms with van der Waals surface area (Å²) in [5.74, 6) is 1.59. The van der Waals surface area contributed by atoms with Gasteiger partial charge in [0.15, 0.2) is 5.75 Å². The lowest BCUT2D eigenvalue weighted by Crippen LogP contribution is -2.32. The van der Waals surface area contributed by atoms with E-state index in [0.29, 0.717) is 0 Å². The minimum absolute atomic E-state index is 0.0818. The van der Waals surface area contributed by atoms with Crippen LogP contribution in [0, 0.1) is 6.92 Å². The first-order valence-electron chi connectivity index (χ1n) is 8.57. The molecule has 1 rings (SSSR count). The highest BCUT2D eigenvalue weighted by molar-refractivity contribution is 5.13. The summed E-state index contributed by atoms with van der Waals surface area (Å²) in [4.78, 5) is 8.47. The topological polar surface area (TPSA) is 35.0 Å². The largest absolute Gasteiger partial charge is 0.484 e. The number of hydrogen-bond acceptors (Lipinski definition) is 3. The summed E-state index contributed by atoms with van der Waals surface area (Å²) < 4.78 is 6.26. The summed E-state index contributed by atoms with van der Waals surface area (Å²) in [5, 5.41) is 0. The van der Waals surface area contributed by atoms with Crippen LogP contribution in [0.5, 0.6) is 5.75 Å². The second kappa shape index (κ2) is 9.75. The molecule has 0 aliphatic rings. The molecule has 0 bridgehead atoms. The van der Waals surface area contributed by atoms with Crippen LogP contribution in [0.15, 0.2) is 12.4 Å². The third kappa shape index (κ3) is 7.45. The summed E-state index contributed by atoms with van der Waals surface area (Å²) in [6, 6.07) is 0. The van der Waals surface area contributed by atoms with Crippen molar-refractivity contribution in [3.8, 4) is 5.75 Å². The van der Waals surface area contributed by atoms with Gasteiger partial charge >= 0.3 is 0 Å². The normalized spacial score (nSPS) is 13.9. The van der Waals surface area contributed by atoms with Crippen molar-refractivity contribution in [3.05, 3.63) is 18.2 Å². The zero-order chi connectivity index (χ0) is 15.6. The second-order valence-electron chi connectivity index (χ2n) is 6.29. The molecule has 1 heterocycles. The van der Waals surface area contributed by atoms with Crippen LogP contribution in [0.4, 0.5) is 0 Å². The number of ether oxygens (including phenoxy) is 1. The minimum Gasteiger partial charge on any atom is -0.484 e. The maximum absolute atomic E-state index is 6.26. The van der Waals surface area contributed by atoms with Gasteiger partial charge < -0.3 is 4.74 Å². The van der Waals surface area contributed by atoms with Crippen molar-refractivity contribution in [1.82, 2.24) is 9.97 Å². The zero-order valence-corrected chi connectivity index (χ0v) is 14.3. The van der Waals surface area contributed by atoms with Crippen LogP contribution in [0.1, 0.15) is 84.4 Å². The van der Waals surface area contributed by atoms with Crippen molar-refractivity contribution in [3.63, 3.8) is 0 Å². The van der Waals surface area contributed by atoms with Gasteiger partial charge in [0.1, 0.15) is 11.4 Å². The maximum atomic E-state index is 6.26. The quantitative estimate of drug-likeness (QED) is 0.507. The van der Waals surface area contributed by atoms with Crippen molar-refractivity contribution in [2.75, 3.05) is 0 Å². The lowest BCUT2D eigenvalue weighted by atomic mass is 9.91. The molecule has 1 aromatic rings. The first-order chi connectivity index (χ1) is 10.1. The molecular weight excluding hydrogens is 260 g/mol. The summed E-state index contributed by atoms with van der Waals surface area (Å²) in [7, 11) is 0. The average molecular weight is 292 g/mol. The molecule has 3 nitrogen and oxygen atoms in total. The van der Waals surface area contributed by atoms with E-state index in [2.05, 4.69) is 30.7 Å². The molecule has 120 valence electrons. The van der Waals surface area contributed by atoms with E-state index in [1.165, 1.54) is 44.9 Å². The highest BCUT2D eigenvalue weighted by Crippen LogP contribution is 2.28. The van der Waals surface area contributed by atoms with Crippen LogP contribution < -0.4 is 4.74 Å². The standard InChI is InChI=1S/C18H32N2O/c1-5-7-9-11-13-18(4,12-10-8-6-2)21-17-14-19-16(3)20-15-17/h14-15H,5-13H2,1-4H3. The van der Waals surface area contributed by atoms with Gasteiger partial charge in [-0.1, -0.05) is 46.0 Å². The first-order valence-corrected chi connectivity index (χ1v) is 8.57. The van der Waals surface area contributed by atoms with Crippen LogP contribution in [0.3, 0.4) is 0 Å². The Labute approximate surface area is 130 Å². The molecule has 0 spiro atoms. The van der Waals surface area contributed by atoms with Crippen LogP contribution in [0.2, 0.25) is 0 Å². The van der Waals surface area contributed by atoms with Gasteiger partial charge in [-0.3, -0.25) is 0 Å².